The number of nitrogens with zero attached hydrogens (tertiary/aromatic N) is 1. The normalized spacial score (nSPS) is 13.4. The maximum atomic E-state index is 11.7. The van der Waals surface area contributed by atoms with Gasteiger partial charge in [0.1, 0.15) is 5.92 Å². The van der Waals surface area contributed by atoms with Crippen LogP contribution in [0.5, 0.6) is 0 Å². The Labute approximate surface area is 103 Å². The summed E-state index contributed by atoms with van der Waals surface area (Å²) in [6.45, 7) is 0.326. The molecule has 0 aliphatic carbocycles. The first-order valence-electron chi connectivity index (χ1n) is 5.17. The van der Waals surface area contributed by atoms with Crippen molar-refractivity contribution in [1.29, 1.82) is 5.26 Å². The fraction of sp³-hybridized carbons (Fsp3) is 0.333. The van der Waals surface area contributed by atoms with E-state index < -0.39 is 16.7 Å². The minimum atomic E-state index is -0.939. The predicted molar refractivity (Wildman–Crippen MR) is 66.7 cm³/mol. The third kappa shape index (κ3) is 4.37. The van der Waals surface area contributed by atoms with Crippen LogP contribution in [0.4, 0.5) is 0 Å². The SMILES string of the molecule is CS(=O)CCNC(=O)C(C#N)c1ccccc1. The van der Waals surface area contributed by atoms with Crippen LogP contribution in [0.2, 0.25) is 0 Å². The van der Waals surface area contributed by atoms with Gasteiger partial charge in [-0.25, -0.2) is 0 Å². The van der Waals surface area contributed by atoms with Crippen LogP contribution in [0.25, 0.3) is 0 Å². The van der Waals surface area contributed by atoms with Crippen molar-refractivity contribution in [3.63, 3.8) is 0 Å². The zero-order valence-corrected chi connectivity index (χ0v) is 10.4. The van der Waals surface area contributed by atoms with Crippen LogP contribution in [0.3, 0.4) is 0 Å². The topological polar surface area (TPSA) is 70.0 Å². The number of rotatable bonds is 5. The van der Waals surface area contributed by atoms with Crippen LogP contribution in [0.15, 0.2) is 30.3 Å². The summed E-state index contributed by atoms with van der Waals surface area (Å²) in [5, 5.41) is 11.6. The second-order valence-corrected chi connectivity index (χ2v) is 5.10. The van der Waals surface area contributed by atoms with Gasteiger partial charge in [0.2, 0.25) is 5.91 Å². The molecule has 1 aromatic carbocycles. The molecule has 0 aromatic heterocycles. The van der Waals surface area contributed by atoms with Crippen LogP contribution in [0.1, 0.15) is 11.5 Å². The smallest absolute Gasteiger partial charge is 0.241 e. The highest BCUT2D eigenvalue weighted by Crippen LogP contribution is 2.14. The molecule has 17 heavy (non-hydrogen) atoms. The molecular weight excluding hydrogens is 236 g/mol. The van der Waals surface area contributed by atoms with Crippen molar-refractivity contribution >= 4 is 16.7 Å². The van der Waals surface area contributed by atoms with E-state index in [-0.39, 0.29) is 5.91 Å². The summed E-state index contributed by atoms with van der Waals surface area (Å²) in [5.41, 5.74) is 0.671. The summed E-state index contributed by atoms with van der Waals surface area (Å²) in [5.74, 6) is -0.746. The number of nitrogens with one attached hydrogen (secondary N) is 1. The molecule has 0 saturated carbocycles. The zero-order valence-electron chi connectivity index (χ0n) is 9.55. The van der Waals surface area contributed by atoms with Crippen LogP contribution in [0, 0.1) is 11.3 Å². The molecule has 0 radical (unpaired) electrons. The van der Waals surface area contributed by atoms with Crippen molar-refractivity contribution in [3.05, 3.63) is 35.9 Å². The second kappa shape index (κ2) is 6.81. The van der Waals surface area contributed by atoms with E-state index in [0.29, 0.717) is 17.9 Å². The van der Waals surface area contributed by atoms with E-state index in [0.717, 1.165) is 0 Å². The lowest BCUT2D eigenvalue weighted by molar-refractivity contribution is -0.121. The minimum absolute atomic E-state index is 0.326. The predicted octanol–water partition coefficient (Wildman–Crippen LogP) is 0.788. The van der Waals surface area contributed by atoms with Gasteiger partial charge in [-0.3, -0.25) is 9.00 Å². The number of nitriles is 1. The summed E-state index contributed by atoms with van der Waals surface area (Å²) in [6, 6.07) is 10.9. The van der Waals surface area contributed by atoms with Gasteiger partial charge in [0.25, 0.3) is 0 Å². The number of hydrogen-bond acceptors (Lipinski definition) is 3. The van der Waals surface area contributed by atoms with Gasteiger partial charge in [-0.15, -0.1) is 0 Å². The number of hydrogen-bond donors (Lipinski definition) is 1. The Hall–Kier alpha value is -1.67. The van der Waals surface area contributed by atoms with Gasteiger partial charge in [0.05, 0.1) is 6.07 Å². The van der Waals surface area contributed by atoms with Gasteiger partial charge >= 0.3 is 0 Å². The van der Waals surface area contributed by atoms with Gasteiger partial charge in [-0.1, -0.05) is 30.3 Å². The summed E-state index contributed by atoms with van der Waals surface area (Å²) in [7, 11) is -0.939. The van der Waals surface area contributed by atoms with Crippen molar-refractivity contribution in [1.82, 2.24) is 5.32 Å². The Kier molecular flexibility index (Phi) is 5.37. The molecule has 2 atom stereocenters. The number of benzene rings is 1. The first kappa shape index (κ1) is 13.4. The molecule has 5 heteroatoms. The Balaban J connectivity index is 2.60. The highest BCUT2D eigenvalue weighted by molar-refractivity contribution is 7.84. The Morgan fingerprint density at radius 2 is 2.12 bits per heavy atom. The average molecular weight is 250 g/mol. The van der Waals surface area contributed by atoms with Crippen molar-refractivity contribution in [2.75, 3.05) is 18.6 Å². The van der Waals surface area contributed by atoms with Crippen LogP contribution in [-0.4, -0.2) is 28.7 Å². The molecule has 0 fully saturated rings. The molecule has 0 saturated heterocycles. The Bertz CT molecular complexity index is 440. The van der Waals surface area contributed by atoms with Gasteiger partial charge in [-0.2, -0.15) is 5.26 Å². The van der Waals surface area contributed by atoms with Gasteiger partial charge < -0.3 is 5.32 Å². The third-order valence-electron chi connectivity index (χ3n) is 2.21. The lowest BCUT2D eigenvalue weighted by Crippen LogP contribution is -2.31. The molecule has 0 bridgehead atoms. The zero-order chi connectivity index (χ0) is 12.7. The number of amides is 1. The van der Waals surface area contributed by atoms with Crippen molar-refractivity contribution in [2.45, 2.75) is 5.92 Å². The van der Waals surface area contributed by atoms with Gasteiger partial charge in [0, 0.05) is 29.4 Å². The van der Waals surface area contributed by atoms with Gasteiger partial charge in [-0.05, 0) is 5.56 Å². The summed E-state index contributed by atoms with van der Waals surface area (Å²) < 4.78 is 10.8. The van der Waals surface area contributed by atoms with E-state index in [4.69, 9.17) is 5.26 Å². The number of carbonyl (C=O) groups excluding carboxylic acids is 1. The molecule has 90 valence electrons. The summed E-state index contributed by atoms with van der Waals surface area (Å²) in [6.07, 6.45) is 1.57. The average Bonchev–Trinajstić information content (AvgIpc) is 2.31. The fourth-order valence-electron chi connectivity index (χ4n) is 1.35. The van der Waals surface area contributed by atoms with E-state index in [9.17, 15) is 9.00 Å². The third-order valence-corrected chi connectivity index (χ3v) is 2.99. The molecule has 2 unspecified atom stereocenters. The fourth-order valence-corrected chi connectivity index (χ4v) is 1.74. The van der Waals surface area contributed by atoms with E-state index in [1.807, 2.05) is 12.1 Å². The molecule has 0 aliphatic heterocycles. The summed E-state index contributed by atoms with van der Waals surface area (Å²) >= 11 is 0. The maximum Gasteiger partial charge on any atom is 0.241 e. The molecular formula is C12H14N2O2S. The molecule has 1 amide bonds. The van der Waals surface area contributed by atoms with Gasteiger partial charge in [0.15, 0.2) is 0 Å². The maximum absolute atomic E-state index is 11.7. The highest BCUT2D eigenvalue weighted by atomic mass is 32.2. The molecule has 0 aliphatic rings. The molecule has 0 heterocycles. The molecule has 0 spiro atoms. The lowest BCUT2D eigenvalue weighted by atomic mass is 10.00. The molecule has 1 aromatic rings. The first-order chi connectivity index (χ1) is 8.15. The highest BCUT2D eigenvalue weighted by Gasteiger charge is 2.19. The largest absolute Gasteiger partial charge is 0.354 e. The Morgan fingerprint density at radius 3 is 2.65 bits per heavy atom. The van der Waals surface area contributed by atoms with E-state index in [1.165, 1.54) is 0 Å². The second-order valence-electron chi connectivity index (χ2n) is 3.54. The van der Waals surface area contributed by atoms with Crippen molar-refractivity contribution < 1.29 is 9.00 Å². The monoisotopic (exact) mass is 250 g/mol. The Morgan fingerprint density at radius 1 is 1.47 bits per heavy atom. The van der Waals surface area contributed by atoms with Crippen LogP contribution in [-0.2, 0) is 15.6 Å². The molecule has 1 rings (SSSR count). The summed E-state index contributed by atoms with van der Waals surface area (Å²) in [4.78, 5) is 11.7. The van der Waals surface area contributed by atoms with E-state index in [2.05, 4.69) is 5.32 Å². The molecule has 1 N–H and O–H groups in total. The minimum Gasteiger partial charge on any atom is -0.354 e. The van der Waals surface area contributed by atoms with E-state index in [1.54, 1.807) is 30.5 Å². The lowest BCUT2D eigenvalue weighted by Gasteiger charge is -2.09. The standard InChI is InChI=1S/C12H14N2O2S/c1-17(16)8-7-14-12(15)11(9-13)10-5-3-2-4-6-10/h2-6,11H,7-8H2,1H3,(H,14,15). The van der Waals surface area contributed by atoms with Crippen LogP contribution >= 0.6 is 0 Å². The molecule has 4 nitrogen and oxygen atoms in total. The van der Waals surface area contributed by atoms with Crippen molar-refractivity contribution in [3.8, 4) is 6.07 Å². The van der Waals surface area contributed by atoms with Crippen molar-refractivity contribution in [2.24, 2.45) is 0 Å². The quantitative estimate of drug-likeness (QED) is 0.840. The van der Waals surface area contributed by atoms with E-state index >= 15 is 0 Å². The number of carbonyl (C=O) groups is 1. The van der Waals surface area contributed by atoms with Crippen LogP contribution < -0.4 is 5.32 Å². The first-order valence-corrected chi connectivity index (χ1v) is 6.90.